The predicted octanol–water partition coefficient (Wildman–Crippen LogP) is 3.71. The van der Waals surface area contributed by atoms with E-state index < -0.39 is 11.0 Å². The molecule has 23 heavy (non-hydrogen) atoms. The third kappa shape index (κ3) is 4.52. The van der Waals surface area contributed by atoms with Crippen LogP contribution >= 0.6 is 11.6 Å². The van der Waals surface area contributed by atoms with Crippen LogP contribution in [-0.2, 0) is 0 Å². The van der Waals surface area contributed by atoms with Crippen molar-refractivity contribution in [2.45, 2.75) is 6.92 Å². The summed E-state index contributed by atoms with van der Waals surface area (Å²) in [4.78, 5) is 21.9. The van der Waals surface area contributed by atoms with Gasteiger partial charge in [0.2, 0.25) is 0 Å². The number of anilines is 1. The van der Waals surface area contributed by atoms with Gasteiger partial charge in [-0.05, 0) is 24.6 Å². The Bertz CT molecular complexity index is 777. The first-order chi connectivity index (χ1) is 11.0. The average molecular weight is 333 g/mol. The lowest BCUT2D eigenvalue weighted by molar-refractivity contribution is -0.384. The first-order valence-corrected chi connectivity index (χ1v) is 6.95. The molecule has 2 rings (SSSR count). The molecule has 2 aromatic carbocycles. The number of urea groups is 1. The van der Waals surface area contributed by atoms with Crippen molar-refractivity contribution in [3.8, 4) is 0 Å². The topological polar surface area (TPSA) is 96.6 Å². The van der Waals surface area contributed by atoms with Gasteiger partial charge in [-0.2, -0.15) is 5.10 Å². The van der Waals surface area contributed by atoms with Crippen LogP contribution in [0.2, 0.25) is 5.02 Å². The van der Waals surface area contributed by atoms with E-state index in [1.165, 1.54) is 24.4 Å². The molecular weight excluding hydrogens is 320 g/mol. The van der Waals surface area contributed by atoms with Crippen molar-refractivity contribution >= 4 is 35.2 Å². The number of carbonyl (C=O) groups excluding carboxylic acids is 1. The molecule has 0 saturated heterocycles. The highest BCUT2D eigenvalue weighted by molar-refractivity contribution is 6.31. The van der Waals surface area contributed by atoms with Crippen LogP contribution in [0.1, 0.15) is 11.1 Å². The maximum atomic E-state index is 11.8. The summed E-state index contributed by atoms with van der Waals surface area (Å²) in [6.07, 6.45) is 1.32. The molecular formula is C15H13ClN4O3. The van der Waals surface area contributed by atoms with E-state index in [1.54, 1.807) is 31.2 Å². The van der Waals surface area contributed by atoms with Gasteiger partial charge in [-0.15, -0.1) is 0 Å². The van der Waals surface area contributed by atoms with Gasteiger partial charge < -0.3 is 5.32 Å². The Hall–Kier alpha value is -2.93. The van der Waals surface area contributed by atoms with Crippen molar-refractivity contribution < 1.29 is 9.72 Å². The number of hydrazone groups is 1. The molecule has 0 atom stereocenters. The number of hydrogen-bond acceptors (Lipinski definition) is 4. The van der Waals surface area contributed by atoms with E-state index in [4.69, 9.17) is 11.6 Å². The third-order valence-corrected chi connectivity index (χ3v) is 3.39. The lowest BCUT2D eigenvalue weighted by atomic mass is 10.2. The van der Waals surface area contributed by atoms with Gasteiger partial charge >= 0.3 is 6.03 Å². The first kappa shape index (κ1) is 16.4. The van der Waals surface area contributed by atoms with Gasteiger partial charge in [-0.25, -0.2) is 10.2 Å². The fourth-order valence-corrected chi connectivity index (χ4v) is 1.95. The average Bonchev–Trinajstić information content (AvgIpc) is 2.52. The van der Waals surface area contributed by atoms with E-state index in [2.05, 4.69) is 15.8 Å². The Morgan fingerprint density at radius 1 is 1.30 bits per heavy atom. The molecule has 2 N–H and O–H groups in total. The Kier molecular flexibility index (Phi) is 5.27. The van der Waals surface area contributed by atoms with Crippen LogP contribution in [0.25, 0.3) is 0 Å². The zero-order chi connectivity index (χ0) is 16.8. The summed E-state index contributed by atoms with van der Waals surface area (Å²) in [5.41, 5.74) is 4.04. The number of nitro groups is 1. The van der Waals surface area contributed by atoms with Crippen LogP contribution in [0.5, 0.6) is 0 Å². The van der Waals surface area contributed by atoms with Crippen LogP contribution < -0.4 is 10.7 Å². The zero-order valence-electron chi connectivity index (χ0n) is 12.1. The highest BCUT2D eigenvalue weighted by Gasteiger charge is 2.06. The van der Waals surface area contributed by atoms with Crippen LogP contribution in [0.15, 0.2) is 47.6 Å². The van der Waals surface area contributed by atoms with Crippen molar-refractivity contribution in [1.29, 1.82) is 0 Å². The minimum absolute atomic E-state index is 0.0482. The normalized spacial score (nSPS) is 10.5. The molecule has 7 nitrogen and oxygen atoms in total. The fourth-order valence-electron chi connectivity index (χ4n) is 1.78. The minimum atomic E-state index is -0.544. The second-order valence-corrected chi connectivity index (χ2v) is 5.00. The highest BCUT2D eigenvalue weighted by Crippen LogP contribution is 2.22. The molecule has 0 bridgehead atoms. The highest BCUT2D eigenvalue weighted by atomic mass is 35.5. The quantitative estimate of drug-likeness (QED) is 0.507. The SMILES string of the molecule is Cc1c(Cl)cccc1NC(=O)N/N=C/c1cccc([N+](=O)[O-])c1. The Labute approximate surface area is 137 Å². The third-order valence-electron chi connectivity index (χ3n) is 2.98. The molecule has 0 aliphatic heterocycles. The summed E-state index contributed by atoms with van der Waals surface area (Å²) in [6.45, 7) is 1.78. The van der Waals surface area contributed by atoms with Gasteiger partial charge in [0.15, 0.2) is 0 Å². The molecule has 0 aliphatic carbocycles. The van der Waals surface area contributed by atoms with Gasteiger partial charge in [0.05, 0.1) is 11.1 Å². The number of halogens is 1. The number of benzene rings is 2. The summed E-state index contributed by atoms with van der Waals surface area (Å²) in [5, 5.41) is 17.6. The molecule has 0 aliphatic rings. The summed E-state index contributed by atoms with van der Waals surface area (Å²) >= 11 is 5.97. The fraction of sp³-hybridized carbons (Fsp3) is 0.0667. The standard InChI is InChI=1S/C15H13ClN4O3/c1-10-13(16)6-3-7-14(10)18-15(21)19-17-9-11-4-2-5-12(8-11)20(22)23/h2-9H,1H3,(H2,18,19,21)/b17-9+. The number of nitrogens with one attached hydrogen (secondary N) is 2. The van der Waals surface area contributed by atoms with Crippen LogP contribution in [0.4, 0.5) is 16.2 Å². The molecule has 0 saturated carbocycles. The predicted molar refractivity (Wildman–Crippen MR) is 89.0 cm³/mol. The van der Waals surface area contributed by atoms with Crippen molar-refractivity contribution in [3.63, 3.8) is 0 Å². The van der Waals surface area contributed by atoms with Gasteiger partial charge in [0.1, 0.15) is 0 Å². The largest absolute Gasteiger partial charge is 0.339 e. The molecule has 0 aromatic heterocycles. The van der Waals surface area contributed by atoms with Crippen LogP contribution in [0, 0.1) is 17.0 Å². The second-order valence-electron chi connectivity index (χ2n) is 4.59. The maximum absolute atomic E-state index is 11.8. The van der Waals surface area contributed by atoms with Gasteiger partial charge in [0.25, 0.3) is 5.69 Å². The Morgan fingerprint density at radius 2 is 2.04 bits per heavy atom. The van der Waals surface area contributed by atoms with Crippen molar-refractivity contribution in [2.24, 2.45) is 5.10 Å². The van der Waals surface area contributed by atoms with Crippen LogP contribution in [0.3, 0.4) is 0 Å². The van der Waals surface area contributed by atoms with Crippen LogP contribution in [-0.4, -0.2) is 17.2 Å². The Balaban J connectivity index is 1.97. The number of hydrogen-bond donors (Lipinski definition) is 2. The smallest absolute Gasteiger partial charge is 0.306 e. The number of nitro benzene ring substituents is 1. The van der Waals surface area contributed by atoms with E-state index in [9.17, 15) is 14.9 Å². The second kappa shape index (κ2) is 7.37. The summed E-state index contributed by atoms with van der Waals surface area (Å²) in [5.74, 6) is 0. The van der Waals surface area contributed by atoms with Gasteiger partial charge in [-0.1, -0.05) is 29.8 Å². The summed E-state index contributed by atoms with van der Waals surface area (Å²) in [6, 6.07) is 10.5. The van der Waals surface area contributed by atoms with E-state index in [-0.39, 0.29) is 5.69 Å². The van der Waals surface area contributed by atoms with Gasteiger partial charge in [-0.3, -0.25) is 10.1 Å². The zero-order valence-corrected chi connectivity index (χ0v) is 12.9. The molecule has 2 aromatic rings. The number of non-ortho nitro benzene ring substituents is 1. The molecule has 0 fully saturated rings. The summed E-state index contributed by atoms with van der Waals surface area (Å²) in [7, 11) is 0. The molecule has 2 amide bonds. The molecule has 0 heterocycles. The minimum Gasteiger partial charge on any atom is -0.306 e. The van der Waals surface area contributed by atoms with E-state index in [1.807, 2.05) is 0 Å². The Morgan fingerprint density at radius 3 is 2.78 bits per heavy atom. The van der Waals surface area contributed by atoms with E-state index in [0.717, 1.165) is 5.56 Å². The number of amides is 2. The molecule has 0 unspecified atom stereocenters. The lowest BCUT2D eigenvalue weighted by Gasteiger charge is -2.08. The maximum Gasteiger partial charge on any atom is 0.339 e. The van der Waals surface area contributed by atoms with Gasteiger partial charge in [0, 0.05) is 28.4 Å². The number of carbonyl (C=O) groups is 1. The number of rotatable bonds is 4. The summed E-state index contributed by atoms with van der Waals surface area (Å²) < 4.78 is 0. The number of nitrogens with zero attached hydrogens (tertiary/aromatic N) is 2. The van der Waals surface area contributed by atoms with Crippen molar-refractivity contribution in [3.05, 3.63) is 68.7 Å². The molecule has 118 valence electrons. The lowest BCUT2D eigenvalue weighted by Crippen LogP contribution is -2.24. The molecule has 0 radical (unpaired) electrons. The van der Waals surface area contributed by atoms with E-state index in [0.29, 0.717) is 16.3 Å². The first-order valence-electron chi connectivity index (χ1n) is 6.57. The monoisotopic (exact) mass is 332 g/mol. The van der Waals surface area contributed by atoms with Crippen molar-refractivity contribution in [1.82, 2.24) is 5.43 Å². The van der Waals surface area contributed by atoms with E-state index >= 15 is 0 Å². The molecule has 0 spiro atoms. The van der Waals surface area contributed by atoms with Crippen molar-refractivity contribution in [2.75, 3.05) is 5.32 Å². The molecule has 8 heteroatoms.